The lowest BCUT2D eigenvalue weighted by Gasteiger charge is -2.11. The fourth-order valence-electron chi connectivity index (χ4n) is 2.65. The summed E-state index contributed by atoms with van der Waals surface area (Å²) in [7, 11) is 0. The quantitative estimate of drug-likeness (QED) is 0.710. The van der Waals surface area contributed by atoms with Crippen LogP contribution in [0.3, 0.4) is 0 Å². The lowest BCUT2D eigenvalue weighted by molar-refractivity contribution is -0.121. The molecular formula is C17H23Cl2NO2. The van der Waals surface area contributed by atoms with E-state index in [-0.39, 0.29) is 5.91 Å². The molecule has 0 atom stereocenters. The van der Waals surface area contributed by atoms with Gasteiger partial charge in [0.1, 0.15) is 0 Å². The van der Waals surface area contributed by atoms with Gasteiger partial charge in [-0.15, -0.1) is 0 Å². The van der Waals surface area contributed by atoms with Crippen LogP contribution in [0.2, 0.25) is 10.0 Å². The first-order chi connectivity index (χ1) is 10.6. The van der Waals surface area contributed by atoms with Crippen molar-refractivity contribution in [3.05, 3.63) is 33.8 Å². The van der Waals surface area contributed by atoms with Crippen LogP contribution in [0, 0.1) is 0 Å². The second kappa shape index (κ2) is 9.39. The van der Waals surface area contributed by atoms with Crippen molar-refractivity contribution in [1.29, 1.82) is 0 Å². The number of hydrogen-bond donors (Lipinski definition) is 1. The maximum Gasteiger partial charge on any atom is 0.220 e. The predicted octanol–water partition coefficient (Wildman–Crippen LogP) is 4.39. The first-order valence-corrected chi connectivity index (χ1v) is 8.73. The van der Waals surface area contributed by atoms with Gasteiger partial charge in [-0.1, -0.05) is 42.1 Å². The van der Waals surface area contributed by atoms with Crippen LogP contribution in [0.1, 0.15) is 44.1 Å². The van der Waals surface area contributed by atoms with Gasteiger partial charge in [0, 0.05) is 19.6 Å². The molecule has 0 saturated heterocycles. The lowest BCUT2D eigenvalue weighted by Crippen LogP contribution is -2.25. The number of ether oxygens (including phenoxy) is 1. The van der Waals surface area contributed by atoms with Gasteiger partial charge in [0.2, 0.25) is 5.91 Å². The molecule has 5 heteroatoms. The number of nitrogens with one attached hydrogen (secondary N) is 1. The number of rotatable bonds is 8. The molecule has 22 heavy (non-hydrogen) atoms. The number of halogens is 2. The van der Waals surface area contributed by atoms with E-state index >= 15 is 0 Å². The van der Waals surface area contributed by atoms with Crippen molar-refractivity contribution in [2.45, 2.75) is 51.0 Å². The van der Waals surface area contributed by atoms with Crippen molar-refractivity contribution in [2.75, 3.05) is 13.2 Å². The summed E-state index contributed by atoms with van der Waals surface area (Å²) in [4.78, 5) is 11.8. The Morgan fingerprint density at radius 2 is 2.00 bits per heavy atom. The zero-order valence-corrected chi connectivity index (χ0v) is 14.3. The molecule has 1 amide bonds. The highest BCUT2D eigenvalue weighted by molar-refractivity contribution is 6.42. The Morgan fingerprint density at radius 1 is 1.23 bits per heavy atom. The normalized spacial score (nSPS) is 15.2. The first kappa shape index (κ1) is 17.6. The first-order valence-electron chi connectivity index (χ1n) is 7.97. The molecule has 2 rings (SSSR count). The van der Waals surface area contributed by atoms with Crippen molar-refractivity contribution in [2.24, 2.45) is 0 Å². The molecule has 0 aromatic heterocycles. The summed E-state index contributed by atoms with van der Waals surface area (Å²) in [5.74, 6) is 0.0620. The molecule has 1 aliphatic rings. The van der Waals surface area contributed by atoms with Crippen LogP contribution in [0.5, 0.6) is 0 Å². The Bertz CT molecular complexity index is 488. The third-order valence-electron chi connectivity index (χ3n) is 3.92. The Kier molecular flexibility index (Phi) is 7.50. The van der Waals surface area contributed by atoms with E-state index in [1.165, 1.54) is 25.7 Å². The molecule has 0 radical (unpaired) electrons. The summed E-state index contributed by atoms with van der Waals surface area (Å²) in [6, 6.07) is 5.47. The molecule has 122 valence electrons. The molecule has 0 heterocycles. The van der Waals surface area contributed by atoms with Gasteiger partial charge in [0.25, 0.3) is 0 Å². The summed E-state index contributed by atoms with van der Waals surface area (Å²) < 4.78 is 5.76. The molecule has 3 nitrogen and oxygen atoms in total. The molecule has 0 bridgehead atoms. The van der Waals surface area contributed by atoms with Crippen molar-refractivity contribution in [3.63, 3.8) is 0 Å². The summed E-state index contributed by atoms with van der Waals surface area (Å²) in [6.07, 6.45) is 7.40. The maximum absolute atomic E-state index is 11.8. The van der Waals surface area contributed by atoms with Crippen LogP contribution < -0.4 is 5.32 Å². The minimum absolute atomic E-state index is 0.0620. The number of carbonyl (C=O) groups excluding carboxylic acids is 1. The Hall–Kier alpha value is -0.770. The van der Waals surface area contributed by atoms with Crippen LogP contribution in [0.15, 0.2) is 18.2 Å². The summed E-state index contributed by atoms with van der Waals surface area (Å²) in [5.41, 5.74) is 1.02. The zero-order chi connectivity index (χ0) is 15.8. The third-order valence-corrected chi connectivity index (χ3v) is 4.66. The second-order valence-electron chi connectivity index (χ2n) is 5.73. The average molecular weight is 344 g/mol. The zero-order valence-electron chi connectivity index (χ0n) is 12.7. The van der Waals surface area contributed by atoms with E-state index in [1.807, 2.05) is 12.1 Å². The topological polar surface area (TPSA) is 38.3 Å². The SMILES string of the molecule is O=C(CCc1ccc(Cl)c(Cl)c1)NCCCOC1CCCC1. The minimum Gasteiger partial charge on any atom is -0.378 e. The summed E-state index contributed by atoms with van der Waals surface area (Å²) in [5, 5.41) is 4.00. The van der Waals surface area contributed by atoms with Gasteiger partial charge in [-0.05, 0) is 43.4 Å². The summed E-state index contributed by atoms with van der Waals surface area (Å²) >= 11 is 11.8. The predicted molar refractivity (Wildman–Crippen MR) is 90.6 cm³/mol. The molecule has 0 aliphatic heterocycles. The van der Waals surface area contributed by atoms with Gasteiger partial charge in [0.15, 0.2) is 0 Å². The third kappa shape index (κ3) is 6.15. The van der Waals surface area contributed by atoms with E-state index < -0.39 is 0 Å². The highest BCUT2D eigenvalue weighted by Crippen LogP contribution is 2.23. The van der Waals surface area contributed by atoms with E-state index in [1.54, 1.807) is 6.07 Å². The average Bonchev–Trinajstić information content (AvgIpc) is 3.01. The number of aryl methyl sites for hydroxylation is 1. The number of carbonyl (C=O) groups is 1. The number of hydrogen-bond acceptors (Lipinski definition) is 2. The Labute approximate surface area is 142 Å². The highest BCUT2D eigenvalue weighted by Gasteiger charge is 2.14. The number of benzene rings is 1. The van der Waals surface area contributed by atoms with Crippen molar-refractivity contribution in [1.82, 2.24) is 5.32 Å². The molecule has 1 saturated carbocycles. The Balaban J connectivity index is 1.54. The molecule has 1 aromatic carbocycles. The Morgan fingerprint density at radius 3 is 2.73 bits per heavy atom. The van der Waals surface area contributed by atoms with Crippen molar-refractivity contribution >= 4 is 29.1 Å². The largest absolute Gasteiger partial charge is 0.378 e. The smallest absolute Gasteiger partial charge is 0.220 e. The van der Waals surface area contributed by atoms with Gasteiger partial charge in [0.05, 0.1) is 16.1 Å². The van der Waals surface area contributed by atoms with Gasteiger partial charge in [-0.25, -0.2) is 0 Å². The fraction of sp³-hybridized carbons (Fsp3) is 0.588. The van der Waals surface area contributed by atoms with Crippen LogP contribution in [-0.4, -0.2) is 25.2 Å². The van der Waals surface area contributed by atoms with Gasteiger partial charge in [-0.3, -0.25) is 4.79 Å². The molecule has 1 aliphatic carbocycles. The molecular weight excluding hydrogens is 321 g/mol. The lowest BCUT2D eigenvalue weighted by atomic mass is 10.1. The monoisotopic (exact) mass is 343 g/mol. The van der Waals surface area contributed by atoms with Crippen molar-refractivity contribution in [3.8, 4) is 0 Å². The minimum atomic E-state index is 0.0620. The second-order valence-corrected chi connectivity index (χ2v) is 6.54. The van der Waals surface area contributed by atoms with Crippen LogP contribution in [-0.2, 0) is 16.0 Å². The highest BCUT2D eigenvalue weighted by atomic mass is 35.5. The summed E-state index contributed by atoms with van der Waals surface area (Å²) in [6.45, 7) is 1.41. The van der Waals surface area contributed by atoms with E-state index in [9.17, 15) is 4.79 Å². The van der Waals surface area contributed by atoms with Gasteiger partial charge in [-0.2, -0.15) is 0 Å². The van der Waals surface area contributed by atoms with Crippen LogP contribution >= 0.6 is 23.2 Å². The maximum atomic E-state index is 11.8. The standard InChI is InChI=1S/C17H23Cl2NO2/c18-15-8-6-13(12-16(15)19)7-9-17(21)20-10-3-11-22-14-4-1-2-5-14/h6,8,12,14H,1-5,7,9-11H2,(H,20,21). The molecule has 0 unspecified atom stereocenters. The van der Waals surface area contributed by atoms with Crippen LogP contribution in [0.4, 0.5) is 0 Å². The molecule has 0 spiro atoms. The molecule has 1 N–H and O–H groups in total. The van der Waals surface area contributed by atoms with Gasteiger partial charge >= 0.3 is 0 Å². The van der Waals surface area contributed by atoms with E-state index in [2.05, 4.69) is 5.32 Å². The van der Waals surface area contributed by atoms with Crippen molar-refractivity contribution < 1.29 is 9.53 Å². The molecule has 1 aromatic rings. The van der Waals surface area contributed by atoms with Gasteiger partial charge < -0.3 is 10.1 Å². The van der Waals surface area contributed by atoms with Crippen LogP contribution in [0.25, 0.3) is 0 Å². The van der Waals surface area contributed by atoms with E-state index in [0.29, 0.717) is 35.5 Å². The number of amides is 1. The van der Waals surface area contributed by atoms with E-state index in [0.717, 1.165) is 18.6 Å². The van der Waals surface area contributed by atoms with E-state index in [4.69, 9.17) is 27.9 Å². The fourth-order valence-corrected chi connectivity index (χ4v) is 2.97. The molecule has 1 fully saturated rings.